The van der Waals surface area contributed by atoms with E-state index in [2.05, 4.69) is 15.9 Å². The van der Waals surface area contributed by atoms with Gasteiger partial charge in [0, 0.05) is 17.1 Å². The van der Waals surface area contributed by atoms with Gasteiger partial charge in [-0.05, 0) is 31.2 Å². The first kappa shape index (κ1) is 18.0. The van der Waals surface area contributed by atoms with E-state index in [1.807, 2.05) is 6.07 Å². The fraction of sp³-hybridized carbons (Fsp3) is 0.267. The molecule has 1 aromatic carbocycles. The molecule has 2 rings (SSSR count). The van der Waals surface area contributed by atoms with Gasteiger partial charge >= 0.3 is 5.97 Å². The molecule has 1 aliphatic rings. The lowest BCUT2D eigenvalue weighted by molar-refractivity contribution is -0.145. The number of ether oxygens (including phenoxy) is 2. The van der Waals surface area contributed by atoms with Crippen molar-refractivity contribution in [2.45, 2.75) is 6.92 Å². The first-order valence-electron chi connectivity index (χ1n) is 6.72. The molecule has 1 aromatic rings. The summed E-state index contributed by atoms with van der Waals surface area (Å²) in [7, 11) is 1.64. The third-order valence-electron chi connectivity index (χ3n) is 2.90. The normalized spacial score (nSPS) is 16.1. The number of carbonyl (C=O) groups excluding carboxylic acids is 2. The zero-order chi connectivity index (χ0) is 17.0. The van der Waals surface area contributed by atoms with Gasteiger partial charge in [-0.3, -0.25) is 9.69 Å². The highest BCUT2D eigenvalue weighted by atomic mass is 79.9. The zero-order valence-electron chi connectivity index (χ0n) is 12.5. The molecule has 0 spiro atoms. The maximum atomic E-state index is 12.1. The molecule has 0 N–H and O–H groups in total. The van der Waals surface area contributed by atoms with Crippen molar-refractivity contribution < 1.29 is 19.1 Å². The van der Waals surface area contributed by atoms with E-state index in [-0.39, 0.29) is 12.5 Å². The van der Waals surface area contributed by atoms with Gasteiger partial charge in [0.05, 0.1) is 11.5 Å². The van der Waals surface area contributed by atoms with Gasteiger partial charge in [0.25, 0.3) is 5.91 Å². The van der Waals surface area contributed by atoms with E-state index in [1.54, 1.807) is 32.2 Å². The first-order valence-corrected chi connectivity index (χ1v) is 8.73. The molecule has 8 heteroatoms. The molecule has 0 aromatic heterocycles. The van der Waals surface area contributed by atoms with Crippen LogP contribution < -0.4 is 4.74 Å². The number of carbonyl (C=O) groups is 2. The number of esters is 1. The summed E-state index contributed by atoms with van der Waals surface area (Å²) in [5, 5.41) is 0. The van der Waals surface area contributed by atoms with Gasteiger partial charge in [-0.1, -0.05) is 39.9 Å². The number of halogens is 1. The third kappa shape index (κ3) is 4.55. The molecular formula is C15H14BrNO4S2. The summed E-state index contributed by atoms with van der Waals surface area (Å²) in [6, 6.07) is 5.33. The summed E-state index contributed by atoms with van der Waals surface area (Å²) < 4.78 is 11.7. The van der Waals surface area contributed by atoms with E-state index in [0.29, 0.717) is 27.1 Å². The maximum Gasteiger partial charge on any atom is 0.344 e. The molecule has 0 radical (unpaired) electrons. The highest BCUT2D eigenvalue weighted by molar-refractivity contribution is 9.10. The van der Waals surface area contributed by atoms with Crippen molar-refractivity contribution in [2.75, 3.05) is 20.3 Å². The molecule has 0 bridgehead atoms. The number of amides is 1. The summed E-state index contributed by atoms with van der Waals surface area (Å²) in [6.07, 6.45) is 1.70. The fourth-order valence-corrected chi connectivity index (χ4v) is 3.34. The Hall–Kier alpha value is -1.38. The minimum Gasteiger partial charge on any atom is -0.481 e. The van der Waals surface area contributed by atoms with E-state index in [1.165, 1.54) is 16.7 Å². The highest BCUT2D eigenvalue weighted by Gasteiger charge is 2.29. The van der Waals surface area contributed by atoms with Crippen LogP contribution in [0.5, 0.6) is 5.75 Å². The molecule has 0 saturated carbocycles. The van der Waals surface area contributed by atoms with Gasteiger partial charge in [-0.2, -0.15) is 0 Å². The second-order valence-corrected chi connectivity index (χ2v) is 7.11. The summed E-state index contributed by atoms with van der Waals surface area (Å²) >= 11 is 9.73. The Labute approximate surface area is 152 Å². The maximum absolute atomic E-state index is 12.1. The zero-order valence-corrected chi connectivity index (χ0v) is 15.7. The number of likely N-dealkylation sites (N-methyl/N-ethyl adjacent to an activating group) is 1. The van der Waals surface area contributed by atoms with Crippen LogP contribution in [-0.4, -0.2) is 41.4 Å². The smallest absolute Gasteiger partial charge is 0.344 e. The standard InChI is InChI=1S/C15H14BrNO4S2/c1-3-20-13(18)8-21-11-5-4-10(16)6-9(11)7-12-14(19)17(2)15(22)23-12/h4-7H,3,8H2,1-2H3/b12-7+. The van der Waals surface area contributed by atoms with Crippen LogP contribution in [0, 0.1) is 0 Å². The Morgan fingerprint density at radius 2 is 2.22 bits per heavy atom. The molecule has 5 nitrogen and oxygen atoms in total. The largest absolute Gasteiger partial charge is 0.481 e. The van der Waals surface area contributed by atoms with Crippen molar-refractivity contribution in [1.82, 2.24) is 4.90 Å². The average molecular weight is 416 g/mol. The molecule has 0 unspecified atom stereocenters. The fourth-order valence-electron chi connectivity index (χ4n) is 1.79. The van der Waals surface area contributed by atoms with Crippen LogP contribution >= 0.6 is 39.9 Å². The monoisotopic (exact) mass is 415 g/mol. The lowest BCUT2D eigenvalue weighted by atomic mass is 10.2. The van der Waals surface area contributed by atoms with Gasteiger partial charge in [0.2, 0.25) is 0 Å². The van der Waals surface area contributed by atoms with Gasteiger partial charge in [0.1, 0.15) is 10.1 Å². The van der Waals surface area contributed by atoms with E-state index >= 15 is 0 Å². The molecule has 122 valence electrons. The summed E-state index contributed by atoms with van der Waals surface area (Å²) in [6.45, 7) is 1.84. The lowest BCUT2D eigenvalue weighted by Gasteiger charge is -2.10. The van der Waals surface area contributed by atoms with Crippen molar-refractivity contribution >= 4 is 62.2 Å². The van der Waals surface area contributed by atoms with E-state index in [0.717, 1.165) is 4.47 Å². The van der Waals surface area contributed by atoms with Crippen LogP contribution in [0.3, 0.4) is 0 Å². The predicted molar refractivity (Wildman–Crippen MR) is 97.2 cm³/mol. The quantitative estimate of drug-likeness (QED) is 0.418. The van der Waals surface area contributed by atoms with Gasteiger partial charge in [0.15, 0.2) is 6.61 Å². The summed E-state index contributed by atoms with van der Waals surface area (Å²) in [4.78, 5) is 25.4. The SMILES string of the molecule is CCOC(=O)COc1ccc(Br)cc1/C=C1/SC(=S)N(C)C1=O. The Bertz CT molecular complexity index is 690. The number of hydrogen-bond acceptors (Lipinski definition) is 6. The van der Waals surface area contributed by atoms with Crippen LogP contribution in [-0.2, 0) is 14.3 Å². The van der Waals surface area contributed by atoms with Crippen molar-refractivity contribution in [3.05, 3.63) is 33.1 Å². The molecule has 1 heterocycles. The Morgan fingerprint density at radius 3 is 2.83 bits per heavy atom. The summed E-state index contributed by atoms with van der Waals surface area (Å²) in [5.74, 6) is -0.111. The van der Waals surface area contributed by atoms with E-state index < -0.39 is 5.97 Å². The van der Waals surface area contributed by atoms with Crippen LogP contribution in [0.15, 0.2) is 27.6 Å². The van der Waals surface area contributed by atoms with Crippen LogP contribution in [0.1, 0.15) is 12.5 Å². The van der Waals surface area contributed by atoms with Crippen LogP contribution in [0.2, 0.25) is 0 Å². The average Bonchev–Trinajstić information content (AvgIpc) is 2.74. The van der Waals surface area contributed by atoms with E-state index in [4.69, 9.17) is 21.7 Å². The molecule has 1 amide bonds. The molecule has 1 fully saturated rings. The second-order valence-electron chi connectivity index (χ2n) is 4.52. The number of rotatable bonds is 5. The van der Waals surface area contributed by atoms with Crippen molar-refractivity contribution in [1.29, 1.82) is 0 Å². The second kappa shape index (κ2) is 7.94. The molecule has 0 atom stereocenters. The number of thioether (sulfide) groups is 1. The van der Waals surface area contributed by atoms with E-state index in [9.17, 15) is 9.59 Å². The Balaban J connectivity index is 2.24. The Morgan fingerprint density at radius 1 is 1.48 bits per heavy atom. The molecule has 1 aliphatic heterocycles. The Kier molecular flexibility index (Phi) is 6.20. The van der Waals surface area contributed by atoms with Crippen molar-refractivity contribution in [3.8, 4) is 5.75 Å². The lowest BCUT2D eigenvalue weighted by Crippen LogP contribution is -2.22. The number of thiocarbonyl (C=S) groups is 1. The number of nitrogens with zero attached hydrogens (tertiary/aromatic N) is 1. The molecule has 1 saturated heterocycles. The highest BCUT2D eigenvalue weighted by Crippen LogP contribution is 2.34. The molecule has 23 heavy (non-hydrogen) atoms. The van der Waals surface area contributed by atoms with Crippen LogP contribution in [0.25, 0.3) is 6.08 Å². The number of benzene rings is 1. The van der Waals surface area contributed by atoms with Crippen LogP contribution in [0.4, 0.5) is 0 Å². The topological polar surface area (TPSA) is 55.8 Å². The summed E-state index contributed by atoms with van der Waals surface area (Å²) in [5.41, 5.74) is 0.678. The molecular weight excluding hydrogens is 402 g/mol. The van der Waals surface area contributed by atoms with Gasteiger partial charge in [-0.15, -0.1) is 0 Å². The minimum atomic E-state index is -0.443. The first-order chi connectivity index (χ1) is 10.9. The predicted octanol–water partition coefficient (Wildman–Crippen LogP) is 3.22. The minimum absolute atomic E-state index is 0.156. The van der Waals surface area contributed by atoms with Gasteiger partial charge < -0.3 is 9.47 Å². The van der Waals surface area contributed by atoms with Crippen molar-refractivity contribution in [3.63, 3.8) is 0 Å². The number of hydrogen-bond donors (Lipinski definition) is 0. The molecule has 0 aliphatic carbocycles. The third-order valence-corrected chi connectivity index (χ3v) is 4.87. The van der Waals surface area contributed by atoms with Crippen molar-refractivity contribution in [2.24, 2.45) is 0 Å². The van der Waals surface area contributed by atoms with Gasteiger partial charge in [-0.25, -0.2) is 4.79 Å².